The number of nitrogens with two attached hydrogens (primary N) is 1. The summed E-state index contributed by atoms with van der Waals surface area (Å²) in [5.74, 6) is 0.0856. The van der Waals surface area contributed by atoms with E-state index in [1.54, 1.807) is 0 Å². The maximum atomic E-state index is 10.1. The molecule has 3 heteroatoms. The SMILES string of the molecule is CN(C)C[C@H](CN)[C@H](O)c1ccccc1. The summed E-state index contributed by atoms with van der Waals surface area (Å²) in [6.07, 6.45) is -0.474. The molecule has 0 aromatic heterocycles. The first kappa shape index (κ1) is 12.2. The van der Waals surface area contributed by atoms with Crippen LogP contribution in [0.15, 0.2) is 30.3 Å². The molecular weight excluding hydrogens is 188 g/mol. The van der Waals surface area contributed by atoms with Crippen molar-refractivity contribution in [1.29, 1.82) is 0 Å². The van der Waals surface area contributed by atoms with Crippen LogP contribution >= 0.6 is 0 Å². The average Bonchev–Trinajstić information content (AvgIpc) is 2.26. The van der Waals surface area contributed by atoms with Crippen LogP contribution < -0.4 is 5.73 Å². The van der Waals surface area contributed by atoms with Gasteiger partial charge in [0.25, 0.3) is 0 Å². The van der Waals surface area contributed by atoms with Crippen LogP contribution in [0.5, 0.6) is 0 Å². The number of rotatable bonds is 5. The fraction of sp³-hybridized carbons (Fsp3) is 0.500. The molecule has 0 fully saturated rings. The fourth-order valence-corrected chi connectivity index (χ4v) is 1.69. The maximum Gasteiger partial charge on any atom is 0.0842 e. The van der Waals surface area contributed by atoms with Gasteiger partial charge in [0.1, 0.15) is 0 Å². The van der Waals surface area contributed by atoms with E-state index >= 15 is 0 Å². The van der Waals surface area contributed by atoms with Crippen LogP contribution in [-0.4, -0.2) is 37.2 Å². The van der Waals surface area contributed by atoms with E-state index in [4.69, 9.17) is 5.73 Å². The second-order valence-electron chi connectivity index (χ2n) is 4.11. The van der Waals surface area contributed by atoms with Crippen LogP contribution in [0.25, 0.3) is 0 Å². The van der Waals surface area contributed by atoms with E-state index in [-0.39, 0.29) is 5.92 Å². The molecule has 0 heterocycles. The minimum Gasteiger partial charge on any atom is -0.388 e. The molecule has 0 aliphatic heterocycles. The van der Waals surface area contributed by atoms with E-state index in [1.807, 2.05) is 49.3 Å². The van der Waals surface area contributed by atoms with Crippen molar-refractivity contribution in [3.8, 4) is 0 Å². The molecule has 0 amide bonds. The molecule has 3 nitrogen and oxygen atoms in total. The van der Waals surface area contributed by atoms with Crippen LogP contribution in [0.2, 0.25) is 0 Å². The summed E-state index contributed by atoms with van der Waals surface area (Å²) in [6, 6.07) is 9.68. The monoisotopic (exact) mass is 208 g/mol. The van der Waals surface area contributed by atoms with Gasteiger partial charge in [-0.2, -0.15) is 0 Å². The molecule has 1 aromatic carbocycles. The Labute approximate surface area is 91.5 Å². The van der Waals surface area contributed by atoms with Gasteiger partial charge in [-0.3, -0.25) is 0 Å². The van der Waals surface area contributed by atoms with E-state index < -0.39 is 6.10 Å². The number of aliphatic hydroxyl groups is 1. The van der Waals surface area contributed by atoms with Crippen molar-refractivity contribution < 1.29 is 5.11 Å². The van der Waals surface area contributed by atoms with Crippen molar-refractivity contribution in [1.82, 2.24) is 4.90 Å². The second kappa shape index (κ2) is 5.85. The van der Waals surface area contributed by atoms with Gasteiger partial charge >= 0.3 is 0 Å². The van der Waals surface area contributed by atoms with Crippen molar-refractivity contribution in [3.05, 3.63) is 35.9 Å². The molecule has 15 heavy (non-hydrogen) atoms. The van der Waals surface area contributed by atoms with Gasteiger partial charge in [-0.05, 0) is 26.2 Å². The number of nitrogens with zero attached hydrogens (tertiary/aromatic N) is 1. The summed E-state index contributed by atoms with van der Waals surface area (Å²) in [6.45, 7) is 1.29. The molecule has 1 aromatic rings. The van der Waals surface area contributed by atoms with Crippen LogP contribution in [0.3, 0.4) is 0 Å². The maximum absolute atomic E-state index is 10.1. The smallest absolute Gasteiger partial charge is 0.0842 e. The van der Waals surface area contributed by atoms with Gasteiger partial charge in [0, 0.05) is 12.5 Å². The quantitative estimate of drug-likeness (QED) is 0.754. The first-order valence-corrected chi connectivity index (χ1v) is 5.23. The molecular formula is C12H20N2O. The van der Waals surface area contributed by atoms with Crippen LogP contribution in [0.1, 0.15) is 11.7 Å². The van der Waals surface area contributed by atoms with E-state index in [0.29, 0.717) is 6.54 Å². The molecule has 0 aliphatic carbocycles. The first-order chi connectivity index (χ1) is 7.15. The predicted octanol–water partition coefficient (Wildman–Crippen LogP) is 0.857. The van der Waals surface area contributed by atoms with Gasteiger partial charge in [-0.15, -0.1) is 0 Å². The molecule has 3 N–H and O–H groups in total. The van der Waals surface area contributed by atoms with Crippen molar-refractivity contribution in [2.24, 2.45) is 11.7 Å². The molecule has 0 aliphatic rings. The highest BCUT2D eigenvalue weighted by molar-refractivity contribution is 5.18. The lowest BCUT2D eigenvalue weighted by Gasteiger charge is -2.24. The fourth-order valence-electron chi connectivity index (χ4n) is 1.69. The van der Waals surface area contributed by atoms with Gasteiger partial charge < -0.3 is 15.7 Å². The lowest BCUT2D eigenvalue weighted by molar-refractivity contribution is 0.0947. The van der Waals surface area contributed by atoms with Crippen LogP contribution in [0, 0.1) is 5.92 Å². The molecule has 0 spiro atoms. The average molecular weight is 208 g/mol. The van der Waals surface area contributed by atoms with Gasteiger partial charge in [-0.25, -0.2) is 0 Å². The Morgan fingerprint density at radius 1 is 1.27 bits per heavy atom. The minimum absolute atomic E-state index is 0.0856. The van der Waals surface area contributed by atoms with Crippen molar-refractivity contribution in [2.75, 3.05) is 27.2 Å². The Balaban J connectivity index is 2.69. The highest BCUT2D eigenvalue weighted by Gasteiger charge is 2.19. The highest BCUT2D eigenvalue weighted by atomic mass is 16.3. The third kappa shape index (κ3) is 3.63. The van der Waals surface area contributed by atoms with Crippen molar-refractivity contribution in [3.63, 3.8) is 0 Å². The van der Waals surface area contributed by atoms with Gasteiger partial charge in [0.15, 0.2) is 0 Å². The van der Waals surface area contributed by atoms with E-state index in [1.165, 1.54) is 0 Å². The number of hydrogen-bond donors (Lipinski definition) is 2. The van der Waals surface area contributed by atoms with E-state index in [9.17, 15) is 5.11 Å². The molecule has 0 unspecified atom stereocenters. The lowest BCUT2D eigenvalue weighted by Crippen LogP contribution is -2.32. The van der Waals surface area contributed by atoms with E-state index in [0.717, 1.165) is 12.1 Å². The lowest BCUT2D eigenvalue weighted by atomic mass is 9.95. The molecule has 2 atom stereocenters. The molecule has 0 bridgehead atoms. The Hall–Kier alpha value is -0.900. The number of benzene rings is 1. The van der Waals surface area contributed by atoms with Crippen molar-refractivity contribution >= 4 is 0 Å². The Morgan fingerprint density at radius 3 is 2.33 bits per heavy atom. The van der Waals surface area contributed by atoms with Crippen molar-refractivity contribution in [2.45, 2.75) is 6.10 Å². The Kier molecular flexibility index (Phi) is 4.75. The summed E-state index contributed by atoms with van der Waals surface area (Å²) in [5, 5.41) is 10.1. The van der Waals surface area contributed by atoms with E-state index in [2.05, 4.69) is 0 Å². The summed E-state index contributed by atoms with van der Waals surface area (Å²) >= 11 is 0. The summed E-state index contributed by atoms with van der Waals surface area (Å²) in [5.41, 5.74) is 6.61. The molecule has 0 saturated heterocycles. The third-order valence-corrected chi connectivity index (χ3v) is 2.49. The highest BCUT2D eigenvalue weighted by Crippen LogP contribution is 2.21. The third-order valence-electron chi connectivity index (χ3n) is 2.49. The Morgan fingerprint density at radius 2 is 1.87 bits per heavy atom. The zero-order valence-electron chi connectivity index (χ0n) is 9.43. The number of aliphatic hydroxyl groups excluding tert-OH is 1. The van der Waals surface area contributed by atoms with Crippen LogP contribution in [-0.2, 0) is 0 Å². The molecule has 84 valence electrons. The van der Waals surface area contributed by atoms with Gasteiger partial charge in [0.2, 0.25) is 0 Å². The minimum atomic E-state index is -0.474. The summed E-state index contributed by atoms with van der Waals surface area (Å²) in [4.78, 5) is 2.05. The molecule has 0 saturated carbocycles. The predicted molar refractivity (Wildman–Crippen MR) is 62.5 cm³/mol. The zero-order valence-corrected chi connectivity index (χ0v) is 9.43. The van der Waals surface area contributed by atoms with Gasteiger partial charge in [0.05, 0.1) is 6.10 Å². The zero-order chi connectivity index (χ0) is 11.3. The summed E-state index contributed by atoms with van der Waals surface area (Å²) < 4.78 is 0. The number of hydrogen-bond acceptors (Lipinski definition) is 3. The molecule has 0 radical (unpaired) electrons. The Bertz CT molecular complexity index is 274. The van der Waals surface area contributed by atoms with Crippen LogP contribution in [0.4, 0.5) is 0 Å². The second-order valence-corrected chi connectivity index (χ2v) is 4.11. The first-order valence-electron chi connectivity index (χ1n) is 5.23. The van der Waals surface area contributed by atoms with Gasteiger partial charge in [-0.1, -0.05) is 30.3 Å². The largest absolute Gasteiger partial charge is 0.388 e. The standard InChI is InChI=1S/C12H20N2O/c1-14(2)9-11(8-13)12(15)10-6-4-3-5-7-10/h3-7,11-12,15H,8-9,13H2,1-2H3/t11-,12+/m0/s1. The normalized spacial score (nSPS) is 15.3. The topological polar surface area (TPSA) is 49.5 Å². The summed E-state index contributed by atoms with van der Waals surface area (Å²) in [7, 11) is 3.97. The molecule has 1 rings (SSSR count).